The van der Waals surface area contributed by atoms with Crippen LogP contribution in [-0.2, 0) is 22.6 Å². The number of carbonyl (C=O) groups excluding carboxylic acids is 1. The van der Waals surface area contributed by atoms with E-state index in [9.17, 15) is 9.59 Å². The van der Waals surface area contributed by atoms with E-state index >= 15 is 0 Å². The predicted molar refractivity (Wildman–Crippen MR) is 115 cm³/mol. The van der Waals surface area contributed by atoms with Crippen molar-refractivity contribution in [2.45, 2.75) is 43.9 Å². The molecule has 0 saturated carbocycles. The van der Waals surface area contributed by atoms with Crippen LogP contribution in [-0.4, -0.2) is 60.3 Å². The number of hydrogen-bond donors (Lipinski definition) is 2. The minimum atomic E-state index is -0.209. The van der Waals surface area contributed by atoms with Crippen LogP contribution in [0.1, 0.15) is 36.4 Å². The van der Waals surface area contributed by atoms with Gasteiger partial charge in [0.1, 0.15) is 6.61 Å². The van der Waals surface area contributed by atoms with Gasteiger partial charge in [0.25, 0.3) is 5.56 Å². The molecule has 4 aliphatic rings. The van der Waals surface area contributed by atoms with Crippen LogP contribution in [0.5, 0.6) is 0 Å². The summed E-state index contributed by atoms with van der Waals surface area (Å²) in [4.78, 5) is 26.8. The van der Waals surface area contributed by atoms with Crippen molar-refractivity contribution in [2.75, 3.05) is 39.3 Å². The summed E-state index contributed by atoms with van der Waals surface area (Å²) < 4.78 is 7.89. The fraction of sp³-hybridized carbons (Fsp3) is 0.700. The van der Waals surface area contributed by atoms with E-state index in [2.05, 4.69) is 21.6 Å². The molecule has 2 atom stereocenters. The first-order valence-corrected chi connectivity index (χ1v) is 10.2. The fourth-order valence-electron chi connectivity index (χ4n) is 5.22. The van der Waals surface area contributed by atoms with Crippen LogP contribution in [0, 0.1) is 5.92 Å². The zero-order chi connectivity index (χ0) is 18.4. The van der Waals surface area contributed by atoms with Crippen LogP contribution >= 0.6 is 24.8 Å². The average molecular weight is 445 g/mol. The molecular weight excluding hydrogens is 415 g/mol. The van der Waals surface area contributed by atoms with Gasteiger partial charge in [-0.15, -0.1) is 24.8 Å². The Hall–Kier alpha value is -1.12. The molecule has 1 aromatic heterocycles. The minimum absolute atomic E-state index is 0. The maximum atomic E-state index is 13.1. The third kappa shape index (κ3) is 4.35. The Labute approximate surface area is 183 Å². The van der Waals surface area contributed by atoms with Gasteiger partial charge in [-0.3, -0.25) is 14.5 Å². The quantitative estimate of drug-likeness (QED) is 0.707. The van der Waals surface area contributed by atoms with E-state index in [-0.39, 0.29) is 48.5 Å². The van der Waals surface area contributed by atoms with Crippen LogP contribution in [0.4, 0.5) is 0 Å². The molecule has 2 N–H and O–H groups in total. The first-order chi connectivity index (χ1) is 13.1. The van der Waals surface area contributed by atoms with Gasteiger partial charge in [-0.2, -0.15) is 0 Å². The molecule has 0 aliphatic carbocycles. The molecule has 1 aromatic rings. The van der Waals surface area contributed by atoms with Gasteiger partial charge >= 0.3 is 0 Å². The number of pyridine rings is 1. The average Bonchev–Trinajstić information content (AvgIpc) is 2.69. The minimum Gasteiger partial charge on any atom is -0.363 e. The van der Waals surface area contributed by atoms with Crippen molar-refractivity contribution in [1.29, 1.82) is 0 Å². The number of aromatic nitrogens is 1. The third-order valence-electron chi connectivity index (χ3n) is 6.87. The van der Waals surface area contributed by atoms with Gasteiger partial charge in [0.05, 0.1) is 5.60 Å². The van der Waals surface area contributed by atoms with Gasteiger partial charge in [0.15, 0.2) is 0 Å². The molecule has 1 spiro atoms. The number of likely N-dealkylation sites (tertiary alicyclic amines) is 1. The molecule has 4 aliphatic heterocycles. The van der Waals surface area contributed by atoms with Crippen molar-refractivity contribution in [3.8, 4) is 0 Å². The van der Waals surface area contributed by atoms with E-state index in [1.165, 1.54) is 12.1 Å². The molecule has 9 heteroatoms. The molecular formula is C20H30Cl2N4O3. The van der Waals surface area contributed by atoms with E-state index in [1.54, 1.807) is 0 Å². The summed E-state index contributed by atoms with van der Waals surface area (Å²) in [5, 5.41) is 6.43. The normalized spacial score (nSPS) is 27.9. The number of fused-ring (bicyclic) bond motifs is 4. The second kappa shape index (κ2) is 8.94. The zero-order valence-corrected chi connectivity index (χ0v) is 18.2. The number of nitrogens with one attached hydrogen (secondary N) is 2. The Kier molecular flexibility index (Phi) is 6.95. The molecule has 3 saturated heterocycles. The number of carbonyl (C=O) groups is 1. The van der Waals surface area contributed by atoms with Gasteiger partial charge in [-0.25, -0.2) is 0 Å². The Morgan fingerprint density at radius 3 is 2.66 bits per heavy atom. The standard InChI is InChI=1S/C20H28N4O3.2ClH/c25-18-12-27-20(13-22-18)3-5-23(6-4-20)11-15-1-2-17-16-7-14(8-21-9-16)10-24(17)19(15)26;;/h1-2,14,16,21H,3-13H2,(H,22,25);2*1H/t14-,16+;;/m0../s1. The van der Waals surface area contributed by atoms with Crippen LogP contribution < -0.4 is 16.2 Å². The van der Waals surface area contributed by atoms with Crippen molar-refractivity contribution in [2.24, 2.45) is 5.92 Å². The Morgan fingerprint density at radius 2 is 1.93 bits per heavy atom. The smallest absolute Gasteiger partial charge is 0.255 e. The monoisotopic (exact) mass is 444 g/mol. The SMILES string of the molecule is Cl.Cl.O=C1COC2(CCN(Cc3ccc4n(c3=O)C[C@@H]3CNC[C@H]4C3)CC2)CN1. The topological polar surface area (TPSA) is 75.6 Å². The van der Waals surface area contributed by atoms with E-state index < -0.39 is 0 Å². The highest BCUT2D eigenvalue weighted by Gasteiger charge is 2.39. The molecule has 0 unspecified atom stereocenters. The molecule has 2 bridgehead atoms. The molecule has 1 amide bonds. The lowest BCUT2D eigenvalue weighted by Crippen LogP contribution is -2.57. The first-order valence-electron chi connectivity index (χ1n) is 10.2. The summed E-state index contributed by atoms with van der Waals surface area (Å²) >= 11 is 0. The number of rotatable bonds is 2. The number of morpholine rings is 1. The Bertz CT molecular complexity index is 795. The summed E-state index contributed by atoms with van der Waals surface area (Å²) in [6.07, 6.45) is 3.00. The van der Waals surface area contributed by atoms with E-state index in [0.29, 0.717) is 24.9 Å². The summed E-state index contributed by atoms with van der Waals surface area (Å²) in [5.74, 6) is 1.04. The van der Waals surface area contributed by atoms with E-state index in [1.807, 2.05) is 10.6 Å². The second-order valence-electron chi connectivity index (χ2n) is 8.68. The summed E-state index contributed by atoms with van der Waals surface area (Å²) in [6.45, 7) is 6.13. The van der Waals surface area contributed by atoms with Gasteiger partial charge in [0.2, 0.25) is 5.91 Å². The second-order valence-corrected chi connectivity index (χ2v) is 8.68. The highest BCUT2D eigenvalue weighted by Crippen LogP contribution is 2.32. The highest BCUT2D eigenvalue weighted by molar-refractivity contribution is 5.85. The molecule has 3 fully saturated rings. The largest absolute Gasteiger partial charge is 0.363 e. The first kappa shape index (κ1) is 22.6. The van der Waals surface area contributed by atoms with E-state index in [0.717, 1.165) is 51.1 Å². The maximum absolute atomic E-state index is 13.1. The zero-order valence-electron chi connectivity index (χ0n) is 16.5. The fourth-order valence-corrected chi connectivity index (χ4v) is 5.22. The molecule has 162 valence electrons. The van der Waals surface area contributed by atoms with Gasteiger partial charge in [-0.05, 0) is 37.8 Å². The highest BCUT2D eigenvalue weighted by atomic mass is 35.5. The van der Waals surface area contributed by atoms with E-state index in [4.69, 9.17) is 4.74 Å². The lowest BCUT2D eigenvalue weighted by atomic mass is 9.84. The summed E-state index contributed by atoms with van der Waals surface area (Å²) in [6, 6.07) is 4.22. The molecule has 7 nitrogen and oxygen atoms in total. The van der Waals surface area contributed by atoms with Gasteiger partial charge in [-0.1, -0.05) is 6.07 Å². The number of hydrogen-bond acceptors (Lipinski definition) is 5. The van der Waals surface area contributed by atoms with Crippen LogP contribution in [0.2, 0.25) is 0 Å². The predicted octanol–water partition coefficient (Wildman–Crippen LogP) is 0.880. The molecule has 29 heavy (non-hydrogen) atoms. The van der Waals surface area contributed by atoms with Crippen molar-refractivity contribution >= 4 is 30.7 Å². The number of piperidine rings is 2. The Morgan fingerprint density at radius 1 is 1.14 bits per heavy atom. The van der Waals surface area contributed by atoms with Crippen LogP contribution in [0.25, 0.3) is 0 Å². The van der Waals surface area contributed by atoms with Gasteiger partial charge in [0, 0.05) is 56.4 Å². The maximum Gasteiger partial charge on any atom is 0.255 e. The van der Waals surface area contributed by atoms with Crippen LogP contribution in [0.3, 0.4) is 0 Å². The van der Waals surface area contributed by atoms with Crippen molar-refractivity contribution < 1.29 is 9.53 Å². The summed E-state index contributed by atoms with van der Waals surface area (Å²) in [7, 11) is 0. The van der Waals surface area contributed by atoms with Crippen molar-refractivity contribution in [3.63, 3.8) is 0 Å². The third-order valence-corrected chi connectivity index (χ3v) is 6.87. The number of amides is 1. The van der Waals surface area contributed by atoms with Crippen molar-refractivity contribution in [1.82, 2.24) is 20.1 Å². The molecule has 0 radical (unpaired) electrons. The number of nitrogens with zero attached hydrogens (tertiary/aromatic N) is 2. The lowest BCUT2D eigenvalue weighted by Gasteiger charge is -2.43. The number of ether oxygens (including phenoxy) is 1. The number of halogens is 2. The lowest BCUT2D eigenvalue weighted by molar-refractivity contribution is -0.150. The van der Waals surface area contributed by atoms with Gasteiger partial charge < -0.3 is 19.9 Å². The molecule has 5 rings (SSSR count). The summed E-state index contributed by atoms with van der Waals surface area (Å²) in [5.41, 5.74) is 2.10. The van der Waals surface area contributed by atoms with Crippen LogP contribution in [0.15, 0.2) is 16.9 Å². The molecule has 0 aromatic carbocycles. The van der Waals surface area contributed by atoms with Crippen molar-refractivity contribution in [3.05, 3.63) is 33.7 Å². The Balaban J connectivity index is 0.00000120. The molecule has 5 heterocycles.